The van der Waals surface area contributed by atoms with Crippen LogP contribution >= 0.6 is 22.6 Å². The van der Waals surface area contributed by atoms with Crippen molar-refractivity contribution in [1.82, 2.24) is 5.48 Å². The van der Waals surface area contributed by atoms with Crippen LogP contribution in [0.15, 0.2) is 29.4 Å². The van der Waals surface area contributed by atoms with Gasteiger partial charge in [-0.3, -0.25) is 14.4 Å². The number of halogens is 4. The smallest absolute Gasteiger partial charge is 0.306 e. The minimum atomic E-state index is -1.51. The van der Waals surface area contributed by atoms with Gasteiger partial charge < -0.3 is 20.4 Å². The Morgan fingerprint density at radius 1 is 1.16 bits per heavy atom. The Hall–Kier alpha value is -2.91. The standard InChI is InChI=1S/C19H17F3IN3O6/c20-13-8-11(23)1-2-14(13)25-18-12(19(30)26-32-6-4-27)7-10(16(21)17(18)22)9-24-31-5-3-15(28)29/h1-2,7-9,25,27H,3-6H2,(H,26,30)(H,28,29)/b24-9+. The van der Waals surface area contributed by atoms with Gasteiger partial charge >= 0.3 is 5.97 Å². The van der Waals surface area contributed by atoms with Crippen molar-refractivity contribution in [3.63, 3.8) is 0 Å². The molecule has 0 spiro atoms. The van der Waals surface area contributed by atoms with Gasteiger partial charge in [0.2, 0.25) is 0 Å². The molecular weight excluding hydrogens is 550 g/mol. The number of hydrogen-bond donors (Lipinski definition) is 4. The first-order valence-electron chi connectivity index (χ1n) is 8.88. The van der Waals surface area contributed by atoms with Gasteiger partial charge in [0.05, 0.1) is 42.8 Å². The molecule has 0 saturated carbocycles. The van der Waals surface area contributed by atoms with Gasteiger partial charge in [-0.2, -0.15) is 0 Å². The maximum atomic E-state index is 14.8. The Balaban J connectivity index is 2.41. The zero-order chi connectivity index (χ0) is 23.7. The number of carbonyl (C=O) groups is 2. The van der Waals surface area contributed by atoms with Crippen LogP contribution in [-0.4, -0.2) is 48.1 Å². The number of amides is 1. The number of aliphatic carboxylic acids is 1. The van der Waals surface area contributed by atoms with Gasteiger partial charge in [-0.1, -0.05) is 5.16 Å². The Kier molecular flexibility index (Phi) is 9.67. The van der Waals surface area contributed by atoms with Crippen LogP contribution in [0.25, 0.3) is 0 Å². The molecule has 0 unspecified atom stereocenters. The van der Waals surface area contributed by atoms with E-state index in [4.69, 9.17) is 15.1 Å². The fraction of sp³-hybridized carbons (Fsp3) is 0.211. The average Bonchev–Trinajstić information content (AvgIpc) is 2.74. The number of nitrogens with one attached hydrogen (secondary N) is 2. The summed E-state index contributed by atoms with van der Waals surface area (Å²) < 4.78 is 44.2. The molecule has 4 N–H and O–H groups in total. The highest BCUT2D eigenvalue weighted by atomic mass is 127. The van der Waals surface area contributed by atoms with E-state index < -0.39 is 52.7 Å². The quantitative estimate of drug-likeness (QED) is 0.142. The van der Waals surface area contributed by atoms with Crippen molar-refractivity contribution in [2.24, 2.45) is 5.16 Å². The highest BCUT2D eigenvalue weighted by Gasteiger charge is 2.23. The molecule has 0 aromatic heterocycles. The third-order valence-electron chi connectivity index (χ3n) is 3.70. The first-order chi connectivity index (χ1) is 15.2. The molecular formula is C19H17F3IN3O6. The summed E-state index contributed by atoms with van der Waals surface area (Å²) in [5, 5.41) is 23.0. The molecule has 2 rings (SSSR count). The lowest BCUT2D eigenvalue weighted by molar-refractivity contribution is -0.138. The van der Waals surface area contributed by atoms with Crippen molar-refractivity contribution >= 4 is 52.1 Å². The van der Waals surface area contributed by atoms with Gasteiger partial charge in [0, 0.05) is 9.13 Å². The van der Waals surface area contributed by atoms with E-state index in [0.717, 1.165) is 18.3 Å². The normalized spacial score (nSPS) is 10.9. The summed E-state index contributed by atoms with van der Waals surface area (Å²) in [5.74, 6) is -5.86. The van der Waals surface area contributed by atoms with Crippen molar-refractivity contribution in [2.45, 2.75) is 6.42 Å². The van der Waals surface area contributed by atoms with Crippen molar-refractivity contribution in [3.8, 4) is 0 Å². The molecule has 0 fully saturated rings. The van der Waals surface area contributed by atoms with Crippen LogP contribution in [0.1, 0.15) is 22.3 Å². The summed E-state index contributed by atoms with van der Waals surface area (Å²) in [6.07, 6.45) is 0.384. The molecule has 9 nitrogen and oxygen atoms in total. The van der Waals surface area contributed by atoms with E-state index in [9.17, 15) is 22.8 Å². The van der Waals surface area contributed by atoms with E-state index in [1.165, 1.54) is 12.1 Å². The zero-order valence-corrected chi connectivity index (χ0v) is 18.4. The van der Waals surface area contributed by atoms with Crippen LogP contribution in [-0.2, 0) is 14.5 Å². The maximum absolute atomic E-state index is 14.8. The first-order valence-corrected chi connectivity index (χ1v) is 9.96. The number of carboxylic acids is 1. The van der Waals surface area contributed by atoms with Gasteiger partial charge in [-0.25, -0.2) is 18.7 Å². The number of anilines is 2. The molecule has 13 heteroatoms. The second-order valence-corrected chi connectivity index (χ2v) is 7.23. The topological polar surface area (TPSA) is 129 Å². The molecule has 2 aromatic carbocycles. The van der Waals surface area contributed by atoms with E-state index in [-0.39, 0.29) is 25.3 Å². The van der Waals surface area contributed by atoms with Crippen molar-refractivity contribution < 1.29 is 42.6 Å². The molecule has 0 saturated heterocycles. The molecule has 0 heterocycles. The largest absolute Gasteiger partial charge is 0.481 e. The number of hydrogen-bond acceptors (Lipinski definition) is 7. The van der Waals surface area contributed by atoms with Crippen molar-refractivity contribution in [1.29, 1.82) is 0 Å². The van der Waals surface area contributed by atoms with Crippen molar-refractivity contribution in [2.75, 3.05) is 25.1 Å². The van der Waals surface area contributed by atoms with E-state index >= 15 is 0 Å². The third kappa shape index (κ3) is 7.06. The number of hydroxylamine groups is 1. The average molecular weight is 567 g/mol. The highest BCUT2D eigenvalue weighted by molar-refractivity contribution is 14.1. The molecule has 0 radical (unpaired) electrons. The van der Waals surface area contributed by atoms with Crippen LogP contribution in [0.2, 0.25) is 0 Å². The molecule has 0 atom stereocenters. The molecule has 0 aliphatic heterocycles. The Labute approximate surface area is 193 Å². The molecule has 2 aromatic rings. The van der Waals surface area contributed by atoms with Gasteiger partial charge in [-0.15, -0.1) is 0 Å². The van der Waals surface area contributed by atoms with Gasteiger partial charge in [0.25, 0.3) is 5.91 Å². The second kappa shape index (κ2) is 12.2. The number of nitrogens with zero attached hydrogens (tertiary/aromatic N) is 1. The molecule has 32 heavy (non-hydrogen) atoms. The van der Waals surface area contributed by atoms with Gasteiger partial charge in [0.1, 0.15) is 12.4 Å². The number of benzene rings is 2. The Morgan fingerprint density at radius 3 is 2.56 bits per heavy atom. The fourth-order valence-electron chi connectivity index (χ4n) is 2.26. The number of carbonyl (C=O) groups excluding carboxylic acids is 1. The summed E-state index contributed by atoms with van der Waals surface area (Å²) >= 11 is 1.87. The SMILES string of the molecule is O=C(O)CCO/N=C/c1cc(C(=O)NOCCO)c(Nc2ccc(I)cc2F)c(F)c1F. The molecule has 172 valence electrons. The van der Waals surface area contributed by atoms with E-state index in [2.05, 4.69) is 15.3 Å². The number of carboxylic acid groups (broad SMARTS) is 1. The lowest BCUT2D eigenvalue weighted by Crippen LogP contribution is -2.26. The van der Waals surface area contributed by atoms with E-state index in [1.54, 1.807) is 0 Å². The summed E-state index contributed by atoms with van der Waals surface area (Å²) in [5.41, 5.74) is 0.0964. The Bertz CT molecular complexity index is 1020. The summed E-state index contributed by atoms with van der Waals surface area (Å²) in [4.78, 5) is 32.3. The number of aliphatic hydroxyl groups excluding tert-OH is 1. The molecule has 0 bridgehead atoms. The lowest BCUT2D eigenvalue weighted by atomic mass is 10.1. The monoisotopic (exact) mass is 567 g/mol. The first kappa shape index (κ1) is 25.4. The van der Waals surface area contributed by atoms with E-state index in [0.29, 0.717) is 3.57 Å². The fourth-order valence-corrected chi connectivity index (χ4v) is 2.72. The number of aliphatic hydroxyl groups is 1. The molecule has 0 aliphatic rings. The molecule has 1 amide bonds. The molecule has 0 aliphatic carbocycles. The summed E-state index contributed by atoms with van der Waals surface area (Å²) in [6.45, 7) is -0.998. The van der Waals surface area contributed by atoms with Gasteiger partial charge in [-0.05, 0) is 46.9 Å². The minimum absolute atomic E-state index is 0.215. The van der Waals surface area contributed by atoms with Crippen LogP contribution in [0, 0.1) is 21.0 Å². The van der Waals surface area contributed by atoms with E-state index in [1.807, 2.05) is 28.1 Å². The maximum Gasteiger partial charge on any atom is 0.306 e. The predicted octanol–water partition coefficient (Wildman–Crippen LogP) is 2.93. The van der Waals surface area contributed by atoms with Gasteiger partial charge in [0.15, 0.2) is 11.6 Å². The summed E-state index contributed by atoms with van der Waals surface area (Å²) in [7, 11) is 0. The highest BCUT2D eigenvalue weighted by Crippen LogP contribution is 2.30. The van der Waals surface area contributed by atoms with Crippen LogP contribution < -0.4 is 10.8 Å². The van der Waals surface area contributed by atoms with Crippen LogP contribution in [0.5, 0.6) is 0 Å². The number of rotatable bonds is 11. The zero-order valence-electron chi connectivity index (χ0n) is 16.2. The number of oxime groups is 1. The van der Waals surface area contributed by atoms with Crippen LogP contribution in [0.4, 0.5) is 24.5 Å². The third-order valence-corrected chi connectivity index (χ3v) is 4.37. The summed E-state index contributed by atoms with van der Waals surface area (Å²) in [6, 6.07) is 4.85. The van der Waals surface area contributed by atoms with Crippen molar-refractivity contribution in [3.05, 3.63) is 56.4 Å². The lowest BCUT2D eigenvalue weighted by Gasteiger charge is -2.15. The minimum Gasteiger partial charge on any atom is -0.481 e. The predicted molar refractivity (Wildman–Crippen MR) is 115 cm³/mol. The Morgan fingerprint density at radius 2 is 1.91 bits per heavy atom. The second-order valence-electron chi connectivity index (χ2n) is 5.98. The van der Waals surface area contributed by atoms with Crippen LogP contribution in [0.3, 0.4) is 0 Å².